The van der Waals surface area contributed by atoms with Crippen molar-refractivity contribution in [2.24, 2.45) is 5.73 Å². The van der Waals surface area contributed by atoms with Gasteiger partial charge in [-0.25, -0.2) is 0 Å². The molecule has 78 valence electrons. The largest absolute Gasteiger partial charge is 0.496 e. The fourth-order valence-corrected chi connectivity index (χ4v) is 1.39. The summed E-state index contributed by atoms with van der Waals surface area (Å²) in [5, 5.41) is 0. The van der Waals surface area contributed by atoms with Crippen molar-refractivity contribution in [1.29, 1.82) is 0 Å². The Kier molecular flexibility index (Phi) is 3.92. The molecule has 0 aliphatic heterocycles. The fourth-order valence-electron chi connectivity index (χ4n) is 1.39. The summed E-state index contributed by atoms with van der Waals surface area (Å²) in [6.45, 7) is 2.08. The highest BCUT2D eigenvalue weighted by molar-refractivity contribution is 5.37. The van der Waals surface area contributed by atoms with E-state index in [1.807, 2.05) is 18.2 Å². The topological polar surface area (TPSA) is 44.5 Å². The summed E-state index contributed by atoms with van der Waals surface area (Å²) in [7, 11) is 3.27. The molecule has 1 unspecified atom stereocenters. The molecule has 0 aliphatic carbocycles. The number of methoxy groups -OCH3 is 2. The van der Waals surface area contributed by atoms with E-state index in [0.717, 1.165) is 23.3 Å². The van der Waals surface area contributed by atoms with Crippen LogP contribution in [0.2, 0.25) is 0 Å². The summed E-state index contributed by atoms with van der Waals surface area (Å²) in [5.74, 6) is 0.902. The van der Waals surface area contributed by atoms with Crippen molar-refractivity contribution in [2.45, 2.75) is 19.6 Å². The predicted octanol–water partition coefficient (Wildman–Crippen LogP) is 1.86. The first-order chi connectivity index (χ1) is 6.72. The van der Waals surface area contributed by atoms with Crippen molar-refractivity contribution in [2.75, 3.05) is 14.2 Å². The molecule has 0 bridgehead atoms. The number of rotatable bonds is 4. The van der Waals surface area contributed by atoms with Crippen LogP contribution in [0.1, 0.15) is 24.3 Å². The number of nitrogens with two attached hydrogens (primary N) is 1. The van der Waals surface area contributed by atoms with Crippen molar-refractivity contribution >= 4 is 0 Å². The number of ether oxygens (including phenoxy) is 2. The van der Waals surface area contributed by atoms with E-state index in [9.17, 15) is 0 Å². The Morgan fingerprint density at radius 2 is 2.07 bits per heavy atom. The first-order valence-electron chi connectivity index (χ1n) is 4.68. The second-order valence-electron chi connectivity index (χ2n) is 3.08. The molecule has 0 fully saturated rings. The van der Waals surface area contributed by atoms with E-state index in [-0.39, 0.29) is 6.23 Å². The Hall–Kier alpha value is -1.06. The van der Waals surface area contributed by atoms with E-state index in [4.69, 9.17) is 15.2 Å². The van der Waals surface area contributed by atoms with E-state index in [2.05, 4.69) is 6.92 Å². The molecule has 3 heteroatoms. The Morgan fingerprint density at radius 1 is 1.36 bits per heavy atom. The van der Waals surface area contributed by atoms with Crippen LogP contribution in [0, 0.1) is 0 Å². The highest BCUT2D eigenvalue weighted by atomic mass is 16.5. The third-order valence-electron chi connectivity index (χ3n) is 2.27. The molecule has 0 heterocycles. The van der Waals surface area contributed by atoms with Crippen molar-refractivity contribution in [3.63, 3.8) is 0 Å². The average molecular weight is 195 g/mol. The predicted molar refractivity (Wildman–Crippen MR) is 56.3 cm³/mol. The lowest BCUT2D eigenvalue weighted by molar-refractivity contribution is 0.109. The van der Waals surface area contributed by atoms with Crippen LogP contribution in [-0.2, 0) is 11.2 Å². The molecule has 14 heavy (non-hydrogen) atoms. The second kappa shape index (κ2) is 4.98. The van der Waals surface area contributed by atoms with E-state index in [1.165, 1.54) is 0 Å². The monoisotopic (exact) mass is 195 g/mol. The van der Waals surface area contributed by atoms with Crippen molar-refractivity contribution in [3.8, 4) is 5.75 Å². The number of aryl methyl sites for hydroxylation is 1. The van der Waals surface area contributed by atoms with Crippen LogP contribution in [-0.4, -0.2) is 14.2 Å². The maximum absolute atomic E-state index is 5.75. The molecule has 0 aliphatic rings. The zero-order valence-electron chi connectivity index (χ0n) is 8.91. The Bertz CT molecular complexity index is 299. The van der Waals surface area contributed by atoms with Gasteiger partial charge in [-0.2, -0.15) is 0 Å². The van der Waals surface area contributed by atoms with Gasteiger partial charge in [-0.15, -0.1) is 0 Å². The van der Waals surface area contributed by atoms with Crippen molar-refractivity contribution in [3.05, 3.63) is 29.3 Å². The Morgan fingerprint density at radius 3 is 2.57 bits per heavy atom. The minimum Gasteiger partial charge on any atom is -0.496 e. The van der Waals surface area contributed by atoms with Gasteiger partial charge in [-0.1, -0.05) is 13.0 Å². The zero-order chi connectivity index (χ0) is 10.6. The number of hydrogen-bond donors (Lipinski definition) is 1. The molecule has 0 radical (unpaired) electrons. The highest BCUT2D eigenvalue weighted by Crippen LogP contribution is 2.23. The van der Waals surface area contributed by atoms with Gasteiger partial charge in [0.25, 0.3) is 0 Å². The summed E-state index contributed by atoms with van der Waals surface area (Å²) in [6, 6.07) is 5.87. The van der Waals surface area contributed by atoms with Gasteiger partial charge in [0.05, 0.1) is 7.11 Å². The molecule has 1 aromatic carbocycles. The lowest BCUT2D eigenvalue weighted by Gasteiger charge is -2.13. The molecular formula is C11H17NO2. The van der Waals surface area contributed by atoms with Crippen LogP contribution in [0.5, 0.6) is 5.75 Å². The van der Waals surface area contributed by atoms with Crippen LogP contribution in [0.25, 0.3) is 0 Å². The van der Waals surface area contributed by atoms with Gasteiger partial charge in [-0.3, -0.25) is 0 Å². The first-order valence-corrected chi connectivity index (χ1v) is 4.68. The van der Waals surface area contributed by atoms with Crippen LogP contribution in [0.3, 0.4) is 0 Å². The summed E-state index contributed by atoms with van der Waals surface area (Å²) in [6.07, 6.45) is 0.569. The molecule has 2 N–H and O–H groups in total. The molecule has 1 aromatic rings. The molecule has 0 saturated carbocycles. The van der Waals surface area contributed by atoms with Gasteiger partial charge in [0.1, 0.15) is 12.0 Å². The maximum atomic E-state index is 5.75. The SMILES string of the molecule is CCc1cc(C(N)OC)ccc1OC. The minimum atomic E-state index is -0.355. The van der Waals surface area contributed by atoms with Gasteiger partial charge >= 0.3 is 0 Å². The van der Waals surface area contributed by atoms with Gasteiger partial charge in [0, 0.05) is 7.11 Å². The second-order valence-corrected chi connectivity index (χ2v) is 3.08. The maximum Gasteiger partial charge on any atom is 0.131 e. The fraction of sp³-hybridized carbons (Fsp3) is 0.455. The lowest BCUT2D eigenvalue weighted by atomic mass is 10.1. The molecule has 1 atom stereocenters. The lowest BCUT2D eigenvalue weighted by Crippen LogP contribution is -2.12. The Balaban J connectivity index is 3.01. The molecule has 0 spiro atoms. The molecule has 1 rings (SSSR count). The summed E-state index contributed by atoms with van der Waals surface area (Å²) >= 11 is 0. The number of benzene rings is 1. The van der Waals surface area contributed by atoms with E-state index in [0.29, 0.717) is 0 Å². The smallest absolute Gasteiger partial charge is 0.131 e. The third kappa shape index (κ3) is 2.25. The van der Waals surface area contributed by atoms with Crippen molar-refractivity contribution in [1.82, 2.24) is 0 Å². The molecule has 0 aromatic heterocycles. The summed E-state index contributed by atoms with van der Waals surface area (Å²) in [4.78, 5) is 0. The quantitative estimate of drug-likeness (QED) is 0.746. The van der Waals surface area contributed by atoms with Crippen LogP contribution >= 0.6 is 0 Å². The minimum absolute atomic E-state index is 0.355. The Labute approximate surface area is 84.8 Å². The molecule has 3 nitrogen and oxygen atoms in total. The van der Waals surface area contributed by atoms with E-state index >= 15 is 0 Å². The molecule has 0 amide bonds. The highest BCUT2D eigenvalue weighted by Gasteiger charge is 2.07. The van der Waals surface area contributed by atoms with Gasteiger partial charge in [0.2, 0.25) is 0 Å². The first kappa shape index (κ1) is 11.0. The summed E-state index contributed by atoms with van der Waals surface area (Å²) < 4.78 is 10.3. The van der Waals surface area contributed by atoms with E-state index in [1.54, 1.807) is 14.2 Å². The average Bonchev–Trinajstić information content (AvgIpc) is 2.26. The number of hydrogen-bond acceptors (Lipinski definition) is 3. The van der Waals surface area contributed by atoms with Crippen molar-refractivity contribution < 1.29 is 9.47 Å². The standard InChI is InChI=1S/C11H17NO2/c1-4-8-7-9(11(12)14-3)5-6-10(8)13-2/h5-7,11H,4,12H2,1-3H3. The third-order valence-corrected chi connectivity index (χ3v) is 2.27. The van der Waals surface area contributed by atoms with E-state index < -0.39 is 0 Å². The van der Waals surface area contributed by atoms with Crippen LogP contribution < -0.4 is 10.5 Å². The van der Waals surface area contributed by atoms with Crippen LogP contribution in [0.15, 0.2) is 18.2 Å². The van der Waals surface area contributed by atoms with Crippen LogP contribution in [0.4, 0.5) is 0 Å². The van der Waals surface area contributed by atoms with Gasteiger partial charge in [-0.05, 0) is 29.7 Å². The van der Waals surface area contributed by atoms with Gasteiger partial charge < -0.3 is 15.2 Å². The normalized spacial score (nSPS) is 12.6. The molecule has 0 saturated heterocycles. The summed E-state index contributed by atoms with van der Waals surface area (Å²) in [5.41, 5.74) is 7.87. The molecular weight excluding hydrogens is 178 g/mol. The van der Waals surface area contributed by atoms with Gasteiger partial charge in [0.15, 0.2) is 0 Å². The zero-order valence-corrected chi connectivity index (χ0v) is 8.91.